The van der Waals surface area contributed by atoms with Crippen LogP contribution < -0.4 is 9.64 Å². The molecule has 1 saturated heterocycles. The van der Waals surface area contributed by atoms with Crippen LogP contribution in [0, 0.1) is 0 Å². The highest BCUT2D eigenvalue weighted by Gasteiger charge is 2.25. The predicted octanol–water partition coefficient (Wildman–Crippen LogP) is 2.07. The van der Waals surface area contributed by atoms with Crippen molar-refractivity contribution >= 4 is 5.95 Å². The molecule has 7 nitrogen and oxygen atoms in total. The number of likely N-dealkylation sites (tertiary alicyclic amines) is 1. The lowest BCUT2D eigenvalue weighted by Gasteiger charge is -2.35. The van der Waals surface area contributed by atoms with E-state index in [-0.39, 0.29) is 0 Å². The van der Waals surface area contributed by atoms with Gasteiger partial charge in [0.1, 0.15) is 0 Å². The minimum atomic E-state index is 0.308. The van der Waals surface area contributed by atoms with E-state index < -0.39 is 0 Å². The van der Waals surface area contributed by atoms with Crippen molar-refractivity contribution < 1.29 is 4.74 Å². The van der Waals surface area contributed by atoms with Gasteiger partial charge in [-0.25, -0.2) is 19.9 Å². The number of aromatic nitrogens is 4. The van der Waals surface area contributed by atoms with Gasteiger partial charge in [-0.2, -0.15) is 0 Å². The first-order valence-electron chi connectivity index (χ1n) is 8.26. The lowest BCUT2D eigenvalue weighted by Crippen LogP contribution is -2.33. The summed E-state index contributed by atoms with van der Waals surface area (Å²) in [6.07, 6.45) is 9.06. The van der Waals surface area contributed by atoms with Crippen molar-refractivity contribution in [1.82, 2.24) is 24.8 Å². The summed E-state index contributed by atoms with van der Waals surface area (Å²) in [7, 11) is 5.51. The fourth-order valence-electron chi connectivity index (χ4n) is 3.04. The second kappa shape index (κ2) is 7.53. The van der Waals surface area contributed by atoms with Crippen LogP contribution in [0.3, 0.4) is 0 Å². The summed E-state index contributed by atoms with van der Waals surface area (Å²) >= 11 is 0. The summed E-state index contributed by atoms with van der Waals surface area (Å²) in [5, 5.41) is 0. The number of anilines is 1. The zero-order chi connectivity index (χ0) is 16.9. The van der Waals surface area contributed by atoms with E-state index in [2.05, 4.69) is 19.9 Å². The van der Waals surface area contributed by atoms with Crippen LogP contribution in [0.15, 0.2) is 24.7 Å². The van der Waals surface area contributed by atoms with Gasteiger partial charge in [-0.1, -0.05) is 6.42 Å². The van der Waals surface area contributed by atoms with Crippen LogP contribution in [0.25, 0.3) is 0 Å². The van der Waals surface area contributed by atoms with Gasteiger partial charge in [0.2, 0.25) is 5.95 Å². The van der Waals surface area contributed by atoms with Crippen LogP contribution in [0.4, 0.5) is 5.95 Å². The molecule has 1 unspecified atom stereocenters. The Kier molecular flexibility index (Phi) is 5.20. The Labute approximate surface area is 142 Å². The summed E-state index contributed by atoms with van der Waals surface area (Å²) in [6.45, 7) is 1.87. The highest BCUT2D eigenvalue weighted by Crippen LogP contribution is 2.31. The molecule has 0 amide bonds. The third kappa shape index (κ3) is 3.79. The Hall–Kier alpha value is -2.28. The average Bonchev–Trinajstić information content (AvgIpc) is 2.63. The third-order valence-electron chi connectivity index (χ3n) is 4.27. The fraction of sp³-hybridized carbons (Fsp3) is 0.529. The largest absolute Gasteiger partial charge is 0.467 e. The van der Waals surface area contributed by atoms with Gasteiger partial charge in [-0.05, 0) is 25.5 Å². The molecule has 0 aromatic carbocycles. The molecular weight excluding hydrogens is 304 g/mol. The molecule has 0 spiro atoms. The van der Waals surface area contributed by atoms with Gasteiger partial charge in [0.05, 0.1) is 18.8 Å². The molecule has 128 valence electrons. The number of ether oxygens (including phenoxy) is 1. The maximum Gasteiger partial charge on any atom is 0.316 e. The number of nitrogens with zero attached hydrogens (tertiary/aromatic N) is 6. The lowest BCUT2D eigenvalue weighted by molar-refractivity contribution is 0.137. The molecular formula is C17H24N6O. The van der Waals surface area contributed by atoms with E-state index >= 15 is 0 Å². The van der Waals surface area contributed by atoms with Crippen LogP contribution in [0.1, 0.15) is 36.6 Å². The molecule has 2 aromatic heterocycles. The minimum Gasteiger partial charge on any atom is -0.467 e. The molecule has 24 heavy (non-hydrogen) atoms. The van der Waals surface area contributed by atoms with Crippen LogP contribution in [0.5, 0.6) is 6.01 Å². The van der Waals surface area contributed by atoms with E-state index in [9.17, 15) is 0 Å². The standard InChI is InChI=1S/C17H24N6O/c1-22(2)16-18-8-7-14(21-16)15-6-4-5-9-23(15)12-13-10-19-17(24-3)20-11-13/h7-8,10-11,15H,4-6,9,12H2,1-3H3. The number of piperidine rings is 1. The third-order valence-corrected chi connectivity index (χ3v) is 4.27. The van der Waals surface area contributed by atoms with Crippen LogP contribution in [0.2, 0.25) is 0 Å². The highest BCUT2D eigenvalue weighted by molar-refractivity contribution is 5.28. The zero-order valence-corrected chi connectivity index (χ0v) is 14.5. The second-order valence-corrected chi connectivity index (χ2v) is 6.24. The molecule has 1 aliphatic rings. The van der Waals surface area contributed by atoms with Gasteiger partial charge in [-0.3, -0.25) is 4.90 Å². The molecule has 1 fully saturated rings. The first-order chi connectivity index (χ1) is 11.7. The van der Waals surface area contributed by atoms with E-state index in [0.29, 0.717) is 12.1 Å². The van der Waals surface area contributed by atoms with Gasteiger partial charge >= 0.3 is 6.01 Å². The number of methoxy groups -OCH3 is 1. The van der Waals surface area contributed by atoms with Gasteiger partial charge in [0.15, 0.2) is 0 Å². The van der Waals surface area contributed by atoms with Crippen molar-refractivity contribution in [3.05, 3.63) is 35.9 Å². The average molecular weight is 328 g/mol. The minimum absolute atomic E-state index is 0.308. The van der Waals surface area contributed by atoms with Gasteiger partial charge < -0.3 is 9.64 Å². The molecule has 3 rings (SSSR count). The molecule has 3 heterocycles. The maximum atomic E-state index is 5.03. The van der Waals surface area contributed by atoms with Gasteiger partial charge in [0.25, 0.3) is 0 Å². The molecule has 1 aliphatic heterocycles. The molecule has 1 atom stereocenters. The molecule has 2 aromatic rings. The molecule has 0 aliphatic carbocycles. The summed E-state index contributed by atoms with van der Waals surface area (Å²) in [4.78, 5) is 21.9. The molecule has 0 radical (unpaired) electrons. The summed E-state index contributed by atoms with van der Waals surface area (Å²) < 4.78 is 5.03. The summed E-state index contributed by atoms with van der Waals surface area (Å²) in [5.41, 5.74) is 2.17. The molecule has 7 heteroatoms. The Morgan fingerprint density at radius 3 is 2.71 bits per heavy atom. The van der Waals surface area contributed by atoms with E-state index in [1.54, 1.807) is 7.11 Å². The van der Waals surface area contributed by atoms with Crippen molar-refractivity contribution in [2.45, 2.75) is 31.8 Å². The van der Waals surface area contributed by atoms with Gasteiger partial charge in [-0.15, -0.1) is 0 Å². The van der Waals surface area contributed by atoms with E-state index in [1.807, 2.05) is 43.7 Å². The van der Waals surface area contributed by atoms with E-state index in [1.165, 1.54) is 12.8 Å². The fourth-order valence-corrected chi connectivity index (χ4v) is 3.04. The number of rotatable bonds is 5. The Balaban J connectivity index is 1.78. The topological polar surface area (TPSA) is 67.3 Å². The Morgan fingerprint density at radius 1 is 1.21 bits per heavy atom. The normalized spacial score (nSPS) is 18.4. The van der Waals surface area contributed by atoms with Crippen LogP contribution in [-0.2, 0) is 6.54 Å². The SMILES string of the molecule is COc1ncc(CN2CCCCC2c2ccnc(N(C)C)n2)cn1. The Bertz CT molecular complexity index is 660. The monoisotopic (exact) mass is 328 g/mol. The summed E-state index contributed by atoms with van der Waals surface area (Å²) in [5.74, 6) is 0.755. The van der Waals surface area contributed by atoms with E-state index in [4.69, 9.17) is 9.72 Å². The highest BCUT2D eigenvalue weighted by atomic mass is 16.5. The lowest BCUT2D eigenvalue weighted by atomic mass is 9.98. The van der Waals surface area contributed by atoms with Crippen molar-refractivity contribution in [1.29, 1.82) is 0 Å². The van der Waals surface area contributed by atoms with Crippen molar-refractivity contribution in [2.75, 3.05) is 32.6 Å². The van der Waals surface area contributed by atoms with Crippen molar-refractivity contribution in [3.8, 4) is 6.01 Å². The first kappa shape index (κ1) is 16.6. The summed E-state index contributed by atoms with van der Waals surface area (Å²) in [6, 6.07) is 2.74. The van der Waals surface area contributed by atoms with E-state index in [0.717, 1.165) is 36.7 Å². The van der Waals surface area contributed by atoms with Crippen LogP contribution >= 0.6 is 0 Å². The maximum absolute atomic E-state index is 5.03. The Morgan fingerprint density at radius 2 is 2.00 bits per heavy atom. The molecule has 0 bridgehead atoms. The van der Waals surface area contributed by atoms with Gasteiger partial charge in [0, 0.05) is 44.8 Å². The van der Waals surface area contributed by atoms with Crippen LogP contribution in [-0.4, -0.2) is 52.6 Å². The number of hydrogen-bond donors (Lipinski definition) is 0. The number of hydrogen-bond acceptors (Lipinski definition) is 7. The first-order valence-corrected chi connectivity index (χ1v) is 8.26. The van der Waals surface area contributed by atoms with Crippen molar-refractivity contribution in [2.24, 2.45) is 0 Å². The molecule has 0 N–H and O–H groups in total. The second-order valence-electron chi connectivity index (χ2n) is 6.24. The molecule has 0 saturated carbocycles. The smallest absolute Gasteiger partial charge is 0.316 e. The predicted molar refractivity (Wildman–Crippen MR) is 91.9 cm³/mol. The van der Waals surface area contributed by atoms with Crippen molar-refractivity contribution in [3.63, 3.8) is 0 Å². The zero-order valence-electron chi connectivity index (χ0n) is 14.5. The quantitative estimate of drug-likeness (QED) is 0.832.